The summed E-state index contributed by atoms with van der Waals surface area (Å²) in [5, 5.41) is 20.3. The number of rotatable bonds is 13. The van der Waals surface area contributed by atoms with Crippen LogP contribution in [0.25, 0.3) is 28.0 Å². The van der Waals surface area contributed by atoms with Gasteiger partial charge in [0.2, 0.25) is 0 Å². The zero-order valence-electron chi connectivity index (χ0n) is 41.4. The third-order valence-electron chi connectivity index (χ3n) is 15.8. The second-order valence-corrected chi connectivity index (χ2v) is 23.1. The highest BCUT2D eigenvalue weighted by molar-refractivity contribution is 6.36. The molecular weight excluding hydrogens is 1050 g/mol. The Morgan fingerprint density at radius 1 is 0.797 bits per heavy atom. The van der Waals surface area contributed by atoms with Crippen LogP contribution in [0.15, 0.2) is 58.9 Å². The van der Waals surface area contributed by atoms with E-state index in [4.69, 9.17) is 56.4 Å². The first-order chi connectivity index (χ1) is 35.0. The van der Waals surface area contributed by atoms with Crippen molar-refractivity contribution >= 4 is 86.1 Å². The van der Waals surface area contributed by atoms with Gasteiger partial charge < -0.3 is 24.7 Å². The molecule has 5 aliphatic rings. The Labute approximate surface area is 445 Å². The maximum absolute atomic E-state index is 15.0. The van der Waals surface area contributed by atoms with Gasteiger partial charge in [-0.25, -0.2) is 29.3 Å². The first kappa shape index (κ1) is 53.2. The summed E-state index contributed by atoms with van der Waals surface area (Å²) in [5.74, 6) is 1.65. The predicted molar refractivity (Wildman–Crippen MR) is 276 cm³/mol. The summed E-state index contributed by atoms with van der Waals surface area (Å²) in [5.41, 5.74) is -2.10. The van der Waals surface area contributed by atoms with Crippen LogP contribution < -0.4 is 9.80 Å². The molecule has 1 aliphatic carbocycles. The Morgan fingerprint density at radius 2 is 1.42 bits per heavy atom. The Bertz CT molecular complexity index is 3000. The maximum atomic E-state index is 15.0. The van der Waals surface area contributed by atoms with Gasteiger partial charge in [0, 0.05) is 78.5 Å². The highest BCUT2D eigenvalue weighted by Crippen LogP contribution is 2.45. The predicted octanol–water partition coefficient (Wildman–Crippen LogP) is 11.4. The van der Waals surface area contributed by atoms with Crippen LogP contribution in [0.3, 0.4) is 0 Å². The molecule has 398 valence electrons. The summed E-state index contributed by atoms with van der Waals surface area (Å²) in [6.45, 7) is 18.2. The van der Waals surface area contributed by atoms with Crippen molar-refractivity contribution in [3.05, 3.63) is 85.9 Å². The number of fused-ring (bicyclic) bond motifs is 2. The highest BCUT2D eigenvalue weighted by atomic mass is 35.5. The molecule has 0 saturated carbocycles. The van der Waals surface area contributed by atoms with E-state index in [9.17, 15) is 31.4 Å². The molecule has 2 unspecified atom stereocenters. The first-order valence-corrected chi connectivity index (χ1v) is 26.7. The molecule has 1 N–H and O–H groups in total. The van der Waals surface area contributed by atoms with E-state index in [0.717, 1.165) is 43.7 Å². The molecule has 0 spiro atoms. The average Bonchev–Trinajstić information content (AvgIpc) is 3.88. The third-order valence-corrected chi connectivity index (χ3v) is 17.2. The number of allylic oxidation sites excluding steroid dienone is 5. The molecule has 0 radical (unpaired) electrons. The van der Waals surface area contributed by atoms with Gasteiger partial charge in [-0.1, -0.05) is 66.0 Å². The monoisotopic (exact) mass is 1110 g/mol. The minimum Gasteiger partial charge on any atom is -0.392 e. The van der Waals surface area contributed by atoms with E-state index in [1.165, 1.54) is 17.1 Å². The SMILES string of the molecule is C=C(C1=C(Cl)C=C(Cl)C(C)C1)n1nc(C(F)(F)F)c2ncc(N3CC([C@H]4CC(C[C@H](c5ccc(Cl)cc5Cl)n5nc(C(F)(F)F)c6ncc(N7CC([C@H]8CCCN(C(C)C)C8)C7)nc65)CN(C[C@@H](C)O)C4)C3)nc21. The number of anilines is 2. The van der Waals surface area contributed by atoms with E-state index in [-0.39, 0.29) is 56.2 Å². The van der Waals surface area contributed by atoms with E-state index >= 15 is 0 Å². The lowest BCUT2D eigenvalue weighted by molar-refractivity contribution is -0.141. The van der Waals surface area contributed by atoms with Gasteiger partial charge >= 0.3 is 12.4 Å². The van der Waals surface area contributed by atoms with Crippen molar-refractivity contribution in [2.24, 2.45) is 35.5 Å². The van der Waals surface area contributed by atoms with Crippen LogP contribution in [-0.2, 0) is 12.4 Å². The maximum Gasteiger partial charge on any atom is 0.437 e. The molecule has 23 heteroatoms. The van der Waals surface area contributed by atoms with Crippen LogP contribution in [0.4, 0.5) is 38.0 Å². The van der Waals surface area contributed by atoms with E-state index in [1.54, 1.807) is 31.2 Å². The fourth-order valence-corrected chi connectivity index (χ4v) is 12.9. The summed E-state index contributed by atoms with van der Waals surface area (Å²) in [6.07, 6.45) is -2.46. The van der Waals surface area contributed by atoms with Crippen LogP contribution in [-0.4, -0.2) is 125 Å². The number of piperidine rings is 2. The lowest BCUT2D eigenvalue weighted by atomic mass is 9.75. The third kappa shape index (κ3) is 10.6. The van der Waals surface area contributed by atoms with Gasteiger partial charge in [-0.15, -0.1) is 0 Å². The summed E-state index contributed by atoms with van der Waals surface area (Å²) < 4.78 is 90.5. The molecule has 13 nitrogen and oxygen atoms in total. The Hall–Kier alpha value is -4.24. The molecule has 0 amide bonds. The second kappa shape index (κ2) is 20.6. The molecule has 74 heavy (non-hydrogen) atoms. The Kier molecular flexibility index (Phi) is 14.8. The van der Waals surface area contributed by atoms with E-state index in [0.29, 0.717) is 103 Å². The van der Waals surface area contributed by atoms with Crippen molar-refractivity contribution in [2.45, 2.75) is 90.3 Å². The number of hydrogen-bond acceptors (Lipinski definition) is 11. The molecule has 0 bridgehead atoms. The zero-order chi connectivity index (χ0) is 52.7. The van der Waals surface area contributed by atoms with Crippen molar-refractivity contribution in [1.82, 2.24) is 49.3 Å². The molecule has 4 fully saturated rings. The quantitative estimate of drug-likeness (QED) is 0.113. The minimum absolute atomic E-state index is 0.000444. The van der Waals surface area contributed by atoms with E-state index in [2.05, 4.69) is 55.3 Å². The van der Waals surface area contributed by atoms with Gasteiger partial charge in [-0.3, -0.25) is 0 Å². The molecule has 4 saturated heterocycles. The topological polar surface area (TPSA) is 120 Å². The molecule has 4 aromatic heterocycles. The number of aliphatic hydroxyl groups is 1. The summed E-state index contributed by atoms with van der Waals surface area (Å²) >= 11 is 26.3. The van der Waals surface area contributed by atoms with Crippen LogP contribution in [0.2, 0.25) is 10.0 Å². The molecule has 10 rings (SSSR count). The fraction of sp³-hybridized carbons (Fsp3) is 0.569. The summed E-state index contributed by atoms with van der Waals surface area (Å²) in [6, 6.07) is 4.58. The number of benzene rings is 1. The molecule has 4 aliphatic heterocycles. The fourth-order valence-electron chi connectivity index (χ4n) is 11.8. The van der Waals surface area contributed by atoms with Gasteiger partial charge in [-0.2, -0.15) is 36.5 Å². The lowest BCUT2D eigenvalue weighted by Crippen LogP contribution is -2.55. The lowest BCUT2D eigenvalue weighted by Gasteiger charge is -2.49. The van der Waals surface area contributed by atoms with Crippen molar-refractivity contribution < 1.29 is 31.4 Å². The first-order valence-electron chi connectivity index (χ1n) is 25.2. The number of likely N-dealkylation sites (tertiary alicyclic amines) is 2. The van der Waals surface area contributed by atoms with Crippen LogP contribution in [0.1, 0.15) is 82.8 Å². The molecule has 5 aromatic rings. The number of alkyl halides is 6. The number of halogens is 10. The number of aliphatic hydroxyl groups excluding tert-OH is 1. The van der Waals surface area contributed by atoms with Crippen molar-refractivity contribution in [1.29, 1.82) is 0 Å². The van der Waals surface area contributed by atoms with Gasteiger partial charge in [0.1, 0.15) is 22.7 Å². The summed E-state index contributed by atoms with van der Waals surface area (Å²) in [4.78, 5) is 27.0. The van der Waals surface area contributed by atoms with Crippen molar-refractivity contribution in [2.75, 3.05) is 68.7 Å². The molecule has 6 atom stereocenters. The van der Waals surface area contributed by atoms with Gasteiger partial charge in [0.05, 0.1) is 30.2 Å². The number of β-amino-alcohol motifs (C(OH)–C–C–N with tert-alkyl or cyclic N) is 1. The second-order valence-electron chi connectivity index (χ2n) is 21.4. The van der Waals surface area contributed by atoms with Crippen LogP contribution in [0.5, 0.6) is 0 Å². The van der Waals surface area contributed by atoms with Gasteiger partial charge in [-0.05, 0) is 124 Å². The Morgan fingerprint density at radius 3 is 2.04 bits per heavy atom. The van der Waals surface area contributed by atoms with Crippen LogP contribution >= 0.6 is 46.4 Å². The van der Waals surface area contributed by atoms with E-state index in [1.807, 2.05) is 11.8 Å². The number of aromatic nitrogens is 8. The zero-order valence-corrected chi connectivity index (χ0v) is 44.4. The van der Waals surface area contributed by atoms with Crippen molar-refractivity contribution in [3.63, 3.8) is 0 Å². The normalized spacial score (nSPS) is 24.0. The molecule has 1 aromatic carbocycles. The van der Waals surface area contributed by atoms with Gasteiger partial charge in [0.15, 0.2) is 22.7 Å². The molecule has 8 heterocycles. The average molecular weight is 1110 g/mol. The smallest absolute Gasteiger partial charge is 0.392 e. The highest BCUT2D eigenvalue weighted by Gasteiger charge is 2.45. The number of nitrogens with zero attached hydrogens (tertiary/aromatic N) is 12. The summed E-state index contributed by atoms with van der Waals surface area (Å²) in [7, 11) is 0. The van der Waals surface area contributed by atoms with Gasteiger partial charge in [0.25, 0.3) is 0 Å². The van der Waals surface area contributed by atoms with E-state index < -0.39 is 41.4 Å². The van der Waals surface area contributed by atoms with Crippen molar-refractivity contribution in [3.8, 4) is 0 Å². The standard InChI is InChI=1S/C51H58Cl4F6N12O/c1-26(2)69-10-6-7-31(21-69)33-22-70(23-33)43-17-63-45-47(51(59,60)61)67-73(49(45)65-43)41(36-9-8-35(52)14-39(36)54)13-30-12-32(20-68(19-30)18-28(4)74)34-24-71(25-34)42-16-62-44-46(50(56,57)58)66-72(48(44)64-42)29(5)37-11-27(3)38(53)15-40(37)55/h8-9,14-17,26-28,30-34,41,74H,5-7,10-13,18-25H2,1-4H3/t27?,28-,30?,31+,32+,41-/m1/s1. The van der Waals surface area contributed by atoms with Crippen LogP contribution in [0, 0.1) is 35.5 Å². The minimum atomic E-state index is -4.84. The number of hydrogen-bond donors (Lipinski definition) is 1. The Balaban J connectivity index is 0.929. The largest absolute Gasteiger partial charge is 0.437 e. The molecular formula is C51H58Cl4F6N12O.